The molecule has 0 aromatic heterocycles. The van der Waals surface area contributed by atoms with Gasteiger partial charge in [0.25, 0.3) is 0 Å². The Hall–Kier alpha value is -2.77. The molecule has 0 aliphatic rings. The van der Waals surface area contributed by atoms with E-state index in [2.05, 4.69) is 11.8 Å². The molecule has 4 nitrogen and oxygen atoms in total. The molecule has 2 aromatic rings. The number of amides is 1. The number of carbonyl (C=O) groups is 1. The number of carbonyl (C=O) groups excluding carboxylic acids is 1. The highest BCUT2D eigenvalue weighted by Crippen LogP contribution is 2.15. The lowest BCUT2D eigenvalue weighted by molar-refractivity contribution is 0.100. The van der Waals surface area contributed by atoms with Crippen LogP contribution >= 0.6 is 0 Å². The van der Waals surface area contributed by atoms with E-state index < -0.39 is 5.91 Å². The van der Waals surface area contributed by atoms with Gasteiger partial charge in [-0.2, -0.15) is 0 Å². The molecule has 2 rings (SSSR count). The molecular weight excluding hydrogens is 264 g/mol. The van der Waals surface area contributed by atoms with Gasteiger partial charge in [0.05, 0.1) is 6.54 Å². The lowest BCUT2D eigenvalue weighted by Gasteiger charge is -2.08. The van der Waals surface area contributed by atoms with E-state index in [9.17, 15) is 4.79 Å². The first kappa shape index (κ1) is 14.6. The lowest BCUT2D eigenvalue weighted by atomic mass is 10.1. The molecule has 0 aliphatic carbocycles. The Morgan fingerprint density at radius 3 is 2.48 bits per heavy atom. The third-order valence-electron chi connectivity index (χ3n) is 2.88. The van der Waals surface area contributed by atoms with E-state index in [0.29, 0.717) is 24.5 Å². The van der Waals surface area contributed by atoms with Crippen molar-refractivity contribution in [2.75, 3.05) is 6.54 Å². The Bertz CT molecular complexity index is 682. The van der Waals surface area contributed by atoms with Crippen molar-refractivity contribution >= 4 is 5.91 Å². The first-order valence-corrected chi connectivity index (χ1v) is 6.50. The summed E-state index contributed by atoms with van der Waals surface area (Å²) in [5, 5.41) is 0. The Morgan fingerprint density at radius 2 is 1.81 bits per heavy atom. The fraction of sp³-hybridized carbons (Fsp3) is 0.118. The summed E-state index contributed by atoms with van der Waals surface area (Å²) >= 11 is 0. The van der Waals surface area contributed by atoms with Crippen molar-refractivity contribution in [2.24, 2.45) is 11.5 Å². The normalized spacial score (nSPS) is 9.57. The highest BCUT2D eigenvalue weighted by atomic mass is 16.5. The van der Waals surface area contributed by atoms with Gasteiger partial charge in [0.15, 0.2) is 0 Å². The van der Waals surface area contributed by atoms with Crippen molar-refractivity contribution in [2.45, 2.75) is 6.61 Å². The maximum absolute atomic E-state index is 11.0. The smallest absolute Gasteiger partial charge is 0.248 e. The van der Waals surface area contributed by atoms with Crippen LogP contribution in [0.5, 0.6) is 5.75 Å². The second-order valence-electron chi connectivity index (χ2n) is 4.34. The van der Waals surface area contributed by atoms with Crippen molar-refractivity contribution in [1.82, 2.24) is 0 Å². The number of primary amides is 1. The van der Waals surface area contributed by atoms with Gasteiger partial charge in [-0.3, -0.25) is 4.79 Å². The number of benzene rings is 2. The van der Waals surface area contributed by atoms with Crippen LogP contribution in [-0.2, 0) is 6.61 Å². The Morgan fingerprint density at radius 1 is 1.10 bits per heavy atom. The highest BCUT2D eigenvalue weighted by molar-refractivity contribution is 5.92. The predicted molar refractivity (Wildman–Crippen MR) is 81.7 cm³/mol. The van der Waals surface area contributed by atoms with Crippen LogP contribution in [0.25, 0.3) is 0 Å². The first-order chi connectivity index (χ1) is 10.2. The summed E-state index contributed by atoms with van der Waals surface area (Å²) in [5.74, 6) is 6.06. The predicted octanol–water partition coefficient (Wildman–Crippen LogP) is 1.67. The van der Waals surface area contributed by atoms with E-state index in [1.165, 1.54) is 0 Å². The van der Waals surface area contributed by atoms with E-state index in [4.69, 9.17) is 16.2 Å². The minimum absolute atomic E-state index is 0.323. The number of ether oxygens (including phenoxy) is 1. The number of rotatable bonds is 4. The molecule has 4 heteroatoms. The fourth-order valence-electron chi connectivity index (χ4n) is 1.79. The maximum Gasteiger partial charge on any atom is 0.248 e. The SMILES string of the molecule is NCC#Cc1ccccc1COc1ccc(C(N)=O)cc1. The molecule has 106 valence electrons. The summed E-state index contributed by atoms with van der Waals surface area (Å²) < 4.78 is 5.70. The molecule has 0 saturated heterocycles. The molecule has 1 amide bonds. The summed E-state index contributed by atoms with van der Waals surface area (Å²) in [7, 11) is 0. The maximum atomic E-state index is 11.0. The first-order valence-electron chi connectivity index (χ1n) is 6.50. The van der Waals surface area contributed by atoms with Crippen LogP contribution in [0, 0.1) is 11.8 Å². The summed E-state index contributed by atoms with van der Waals surface area (Å²) in [6, 6.07) is 14.4. The van der Waals surface area contributed by atoms with Gasteiger partial charge < -0.3 is 16.2 Å². The highest BCUT2D eigenvalue weighted by Gasteiger charge is 2.03. The fourth-order valence-corrected chi connectivity index (χ4v) is 1.79. The molecule has 0 saturated carbocycles. The molecule has 0 aliphatic heterocycles. The Balaban J connectivity index is 2.07. The molecule has 0 bridgehead atoms. The quantitative estimate of drug-likeness (QED) is 0.836. The second-order valence-corrected chi connectivity index (χ2v) is 4.34. The molecule has 21 heavy (non-hydrogen) atoms. The molecule has 0 atom stereocenters. The van der Waals surface area contributed by atoms with Gasteiger partial charge in [-0.15, -0.1) is 0 Å². The standard InChI is InChI=1S/C17H16N2O2/c18-11-3-6-13-4-1-2-5-15(13)12-21-16-9-7-14(8-10-16)17(19)20/h1-2,4-5,7-10H,11-12,18H2,(H2,19,20). The molecule has 2 aromatic carbocycles. The number of nitrogens with two attached hydrogens (primary N) is 2. The third-order valence-corrected chi connectivity index (χ3v) is 2.88. The third kappa shape index (κ3) is 4.10. The van der Waals surface area contributed by atoms with Crippen molar-refractivity contribution in [3.8, 4) is 17.6 Å². The summed E-state index contributed by atoms with van der Waals surface area (Å²) in [5.41, 5.74) is 12.9. The van der Waals surface area contributed by atoms with Crippen LogP contribution in [0.15, 0.2) is 48.5 Å². The summed E-state index contributed by atoms with van der Waals surface area (Å²) in [4.78, 5) is 11.0. The van der Waals surface area contributed by atoms with Crippen molar-refractivity contribution in [3.05, 3.63) is 65.2 Å². The van der Waals surface area contributed by atoms with Crippen LogP contribution in [0.2, 0.25) is 0 Å². The van der Waals surface area contributed by atoms with Gasteiger partial charge in [0.1, 0.15) is 12.4 Å². The molecule has 4 N–H and O–H groups in total. The van der Waals surface area contributed by atoms with Gasteiger partial charge in [0.2, 0.25) is 5.91 Å². The van der Waals surface area contributed by atoms with E-state index in [0.717, 1.165) is 11.1 Å². The molecular formula is C17H16N2O2. The number of hydrogen-bond donors (Lipinski definition) is 2. The van der Waals surface area contributed by atoms with Gasteiger partial charge >= 0.3 is 0 Å². The van der Waals surface area contributed by atoms with E-state index in [1.807, 2.05) is 24.3 Å². The molecule has 0 fully saturated rings. The topological polar surface area (TPSA) is 78.3 Å². The zero-order valence-electron chi connectivity index (χ0n) is 11.5. The number of hydrogen-bond acceptors (Lipinski definition) is 3. The van der Waals surface area contributed by atoms with Crippen LogP contribution in [0.1, 0.15) is 21.5 Å². The van der Waals surface area contributed by atoms with E-state index in [-0.39, 0.29) is 0 Å². The van der Waals surface area contributed by atoms with Crippen LogP contribution < -0.4 is 16.2 Å². The van der Waals surface area contributed by atoms with Crippen LogP contribution in [0.4, 0.5) is 0 Å². The minimum atomic E-state index is -0.455. The summed E-state index contributed by atoms with van der Waals surface area (Å²) in [6.07, 6.45) is 0. The van der Waals surface area contributed by atoms with Gasteiger partial charge in [0, 0.05) is 16.7 Å². The molecule has 0 radical (unpaired) electrons. The van der Waals surface area contributed by atoms with Gasteiger partial charge in [-0.1, -0.05) is 30.0 Å². The van der Waals surface area contributed by atoms with Gasteiger partial charge in [-0.25, -0.2) is 0 Å². The van der Waals surface area contributed by atoms with Crippen LogP contribution in [-0.4, -0.2) is 12.5 Å². The minimum Gasteiger partial charge on any atom is -0.489 e. The molecule has 0 unspecified atom stereocenters. The largest absolute Gasteiger partial charge is 0.489 e. The monoisotopic (exact) mass is 280 g/mol. The molecule has 0 heterocycles. The van der Waals surface area contributed by atoms with Crippen molar-refractivity contribution < 1.29 is 9.53 Å². The zero-order chi connectivity index (χ0) is 15.1. The second kappa shape index (κ2) is 7.13. The summed E-state index contributed by atoms with van der Waals surface area (Å²) in [6.45, 7) is 0.717. The Kier molecular flexibility index (Phi) is 4.97. The average Bonchev–Trinajstić information content (AvgIpc) is 2.52. The van der Waals surface area contributed by atoms with Gasteiger partial charge in [-0.05, 0) is 30.3 Å². The molecule has 0 spiro atoms. The Labute approximate surface area is 123 Å². The van der Waals surface area contributed by atoms with Crippen molar-refractivity contribution in [3.63, 3.8) is 0 Å². The van der Waals surface area contributed by atoms with Crippen LogP contribution in [0.3, 0.4) is 0 Å². The zero-order valence-corrected chi connectivity index (χ0v) is 11.5. The lowest BCUT2D eigenvalue weighted by Crippen LogP contribution is -2.10. The van der Waals surface area contributed by atoms with E-state index >= 15 is 0 Å². The van der Waals surface area contributed by atoms with Crippen molar-refractivity contribution in [1.29, 1.82) is 0 Å². The van der Waals surface area contributed by atoms with E-state index in [1.54, 1.807) is 24.3 Å². The average molecular weight is 280 g/mol.